The quantitative estimate of drug-likeness (QED) is 0.548. The Morgan fingerprint density at radius 3 is 2.45 bits per heavy atom. The van der Waals surface area contributed by atoms with Crippen LogP contribution in [0.15, 0.2) is 30.3 Å². The number of hydrogen-bond donors (Lipinski definition) is 3. The summed E-state index contributed by atoms with van der Waals surface area (Å²) in [5.41, 5.74) is -1.16. The van der Waals surface area contributed by atoms with Crippen LogP contribution >= 0.6 is 0 Å². The number of nitrogens with zero attached hydrogens (tertiary/aromatic N) is 1. The number of carbonyl (C=O) groups excluding carboxylic acids is 1. The average molecular weight is 468 g/mol. The molecule has 9 heteroatoms. The van der Waals surface area contributed by atoms with E-state index in [1.165, 1.54) is 17.0 Å². The zero-order valence-electron chi connectivity index (χ0n) is 19.6. The highest BCUT2D eigenvalue weighted by Gasteiger charge is 2.44. The fourth-order valence-corrected chi connectivity index (χ4v) is 3.47. The Kier molecular flexibility index (Phi) is 9.27. The molecule has 1 atom stereocenters. The Morgan fingerprint density at radius 2 is 1.85 bits per heavy atom. The first-order valence-electron chi connectivity index (χ1n) is 10.9. The molecule has 1 heterocycles. The average Bonchev–Trinajstić information content (AvgIpc) is 2.76. The number of aryl methyl sites for hydroxylation is 1. The third kappa shape index (κ3) is 6.46. The number of benzene rings is 2. The first kappa shape index (κ1) is 26.6. The summed E-state index contributed by atoms with van der Waals surface area (Å²) < 4.78 is 47.6. The molecule has 1 aliphatic rings. The Balaban J connectivity index is 0.00000187. The van der Waals surface area contributed by atoms with E-state index in [9.17, 15) is 23.1 Å². The Labute approximate surface area is 192 Å². The van der Waals surface area contributed by atoms with E-state index >= 15 is 0 Å². The lowest BCUT2D eigenvalue weighted by Crippen LogP contribution is -2.67. The number of β-amino-alcohol motifs (C(OH)–C–C–N with tert-alkyl or cyclic N) is 1. The van der Waals surface area contributed by atoms with Gasteiger partial charge in [0.05, 0.1) is 36.6 Å². The second-order valence-corrected chi connectivity index (χ2v) is 8.02. The molecule has 0 aromatic heterocycles. The van der Waals surface area contributed by atoms with Gasteiger partial charge in [-0.05, 0) is 43.7 Å². The van der Waals surface area contributed by atoms with Crippen LogP contribution < -0.4 is 10.6 Å². The van der Waals surface area contributed by atoms with Gasteiger partial charge < -0.3 is 25.4 Å². The van der Waals surface area contributed by atoms with Crippen molar-refractivity contribution in [3.63, 3.8) is 0 Å². The summed E-state index contributed by atoms with van der Waals surface area (Å²) in [4.78, 5) is 14.2. The molecule has 2 aromatic rings. The van der Waals surface area contributed by atoms with Crippen molar-refractivity contribution < 1.29 is 27.8 Å². The molecule has 1 fully saturated rings. The summed E-state index contributed by atoms with van der Waals surface area (Å²) in [7, 11) is 1.58. The maximum absolute atomic E-state index is 14.5. The van der Waals surface area contributed by atoms with Gasteiger partial charge in [0.1, 0.15) is 11.4 Å². The van der Waals surface area contributed by atoms with Gasteiger partial charge >= 0.3 is 0 Å². The highest BCUT2D eigenvalue weighted by atomic mass is 19.2. The zero-order valence-corrected chi connectivity index (χ0v) is 19.6. The normalized spacial score (nSPS) is 15.2. The lowest BCUT2D eigenvalue weighted by molar-refractivity contribution is -0.0803. The minimum absolute atomic E-state index is 0.0187. The summed E-state index contributed by atoms with van der Waals surface area (Å²) in [6.45, 7) is 8.36. The van der Waals surface area contributed by atoms with E-state index in [1.807, 2.05) is 20.8 Å². The molecule has 2 aromatic carbocycles. The zero-order chi connectivity index (χ0) is 24.8. The summed E-state index contributed by atoms with van der Waals surface area (Å²) in [5, 5.41) is 16.2. The number of aliphatic hydroxyl groups is 1. The van der Waals surface area contributed by atoms with Crippen LogP contribution in [0.1, 0.15) is 36.7 Å². The number of methoxy groups -OCH3 is 1. The third-order valence-electron chi connectivity index (χ3n) is 5.16. The number of anilines is 2. The molecule has 1 aliphatic heterocycles. The molecule has 1 unspecified atom stereocenters. The lowest BCUT2D eigenvalue weighted by Gasteiger charge is -2.47. The van der Waals surface area contributed by atoms with Gasteiger partial charge in [-0.2, -0.15) is 0 Å². The summed E-state index contributed by atoms with van der Waals surface area (Å²) >= 11 is 0. The van der Waals surface area contributed by atoms with Crippen molar-refractivity contribution in [2.24, 2.45) is 0 Å². The molecule has 1 saturated heterocycles. The third-order valence-corrected chi connectivity index (χ3v) is 5.16. The van der Waals surface area contributed by atoms with E-state index in [1.54, 1.807) is 20.1 Å². The minimum atomic E-state index is -1.28. The van der Waals surface area contributed by atoms with E-state index < -0.39 is 34.6 Å². The minimum Gasteiger partial charge on any atom is -0.385 e. The second kappa shape index (κ2) is 11.5. The monoisotopic (exact) mass is 467 g/mol. The summed E-state index contributed by atoms with van der Waals surface area (Å²) in [5.74, 6) is -3.69. The van der Waals surface area contributed by atoms with E-state index in [0.717, 1.165) is 12.1 Å². The molecule has 6 nitrogen and oxygen atoms in total. The van der Waals surface area contributed by atoms with Crippen molar-refractivity contribution in [2.75, 3.05) is 38.7 Å². The van der Waals surface area contributed by atoms with Gasteiger partial charge in [0.2, 0.25) is 0 Å². The van der Waals surface area contributed by atoms with Gasteiger partial charge in [-0.1, -0.05) is 19.9 Å². The fraction of sp³-hybridized carbons (Fsp3) is 0.458. The summed E-state index contributed by atoms with van der Waals surface area (Å²) in [6, 6.07) is 6.25. The maximum Gasteiger partial charge on any atom is 0.256 e. The summed E-state index contributed by atoms with van der Waals surface area (Å²) in [6.07, 6.45) is 0. The van der Waals surface area contributed by atoms with Gasteiger partial charge in [-0.15, -0.1) is 0 Å². The molecule has 33 heavy (non-hydrogen) atoms. The molecule has 1 amide bonds. The van der Waals surface area contributed by atoms with Crippen LogP contribution in [0.2, 0.25) is 0 Å². The SMILES string of the molecule is CC.COCC(C)NCC1(O)CN(C(=O)c2ccc(F)c(F)c2Nc2ccc(C)cc2F)C1. The molecule has 3 rings (SSSR count). The van der Waals surface area contributed by atoms with Gasteiger partial charge in [0, 0.05) is 19.7 Å². The lowest BCUT2D eigenvalue weighted by atomic mass is 9.92. The van der Waals surface area contributed by atoms with Gasteiger partial charge in [-0.25, -0.2) is 13.2 Å². The van der Waals surface area contributed by atoms with Gasteiger partial charge in [0.15, 0.2) is 11.6 Å². The van der Waals surface area contributed by atoms with Crippen molar-refractivity contribution in [1.29, 1.82) is 0 Å². The largest absolute Gasteiger partial charge is 0.385 e. The van der Waals surface area contributed by atoms with Crippen molar-refractivity contribution in [3.8, 4) is 0 Å². The van der Waals surface area contributed by atoms with Crippen LogP contribution in [0.4, 0.5) is 24.5 Å². The van der Waals surface area contributed by atoms with Crippen LogP contribution in [-0.2, 0) is 4.74 Å². The number of carbonyl (C=O) groups is 1. The Morgan fingerprint density at radius 1 is 1.18 bits per heavy atom. The predicted molar refractivity (Wildman–Crippen MR) is 122 cm³/mol. The number of ether oxygens (including phenoxy) is 1. The van der Waals surface area contributed by atoms with E-state index in [-0.39, 0.29) is 36.9 Å². The smallest absolute Gasteiger partial charge is 0.256 e. The van der Waals surface area contributed by atoms with E-state index in [0.29, 0.717) is 12.2 Å². The highest BCUT2D eigenvalue weighted by Crippen LogP contribution is 2.31. The molecule has 0 spiro atoms. The number of amides is 1. The van der Waals surface area contributed by atoms with Crippen molar-refractivity contribution in [1.82, 2.24) is 10.2 Å². The molecule has 0 saturated carbocycles. The molecule has 182 valence electrons. The number of hydrogen-bond acceptors (Lipinski definition) is 5. The van der Waals surface area contributed by atoms with Crippen LogP contribution in [0.3, 0.4) is 0 Å². The highest BCUT2D eigenvalue weighted by molar-refractivity contribution is 6.01. The fourth-order valence-electron chi connectivity index (χ4n) is 3.47. The van der Waals surface area contributed by atoms with E-state index in [2.05, 4.69) is 10.6 Å². The molecule has 0 aliphatic carbocycles. The van der Waals surface area contributed by atoms with Crippen molar-refractivity contribution >= 4 is 17.3 Å². The topological polar surface area (TPSA) is 73.8 Å². The van der Waals surface area contributed by atoms with Gasteiger partial charge in [-0.3, -0.25) is 4.79 Å². The Bertz CT molecular complexity index is 965. The molecule has 0 radical (unpaired) electrons. The first-order valence-corrected chi connectivity index (χ1v) is 10.9. The molecule has 3 N–H and O–H groups in total. The number of likely N-dealkylation sites (tertiary alicyclic amines) is 1. The van der Waals surface area contributed by atoms with Gasteiger partial charge in [0.25, 0.3) is 5.91 Å². The maximum atomic E-state index is 14.5. The number of halogens is 3. The van der Waals surface area contributed by atoms with Crippen molar-refractivity contribution in [3.05, 3.63) is 58.9 Å². The van der Waals surface area contributed by atoms with Crippen LogP contribution in [0, 0.1) is 24.4 Å². The number of rotatable bonds is 8. The van der Waals surface area contributed by atoms with Crippen LogP contribution in [0.25, 0.3) is 0 Å². The number of nitrogens with one attached hydrogen (secondary N) is 2. The van der Waals surface area contributed by atoms with E-state index in [4.69, 9.17) is 4.74 Å². The van der Waals surface area contributed by atoms with Crippen molar-refractivity contribution in [2.45, 2.75) is 39.3 Å². The predicted octanol–water partition coefficient (Wildman–Crippen LogP) is 3.99. The van der Waals surface area contributed by atoms with Crippen LogP contribution in [-0.4, -0.2) is 60.9 Å². The standard InChI is InChI=1S/C22H26F3N3O3.C2H6/c1-13-4-7-18(17(24)8-13)27-20-15(5-6-16(23)19(20)25)21(29)28-11-22(30,12-28)10-26-14(2)9-31-3;1-2/h4-8,14,26-27,30H,9-12H2,1-3H3;1-2H3. The molecular weight excluding hydrogens is 435 g/mol. The first-order chi connectivity index (χ1) is 15.6. The molecule has 0 bridgehead atoms. The van der Waals surface area contributed by atoms with Crippen LogP contribution in [0.5, 0.6) is 0 Å². The Hall–Kier alpha value is -2.62. The second-order valence-electron chi connectivity index (χ2n) is 8.02. The molecular formula is C24H32F3N3O3.